The summed E-state index contributed by atoms with van der Waals surface area (Å²) in [6, 6.07) is -15.2. The van der Waals surface area contributed by atoms with E-state index in [9.17, 15) is 0 Å². The molecule has 1 aliphatic rings. The Morgan fingerprint density at radius 3 is 2.79 bits per heavy atom. The monoisotopic (exact) mass is 367 g/mol. The number of benzene rings is 2. The van der Waals surface area contributed by atoms with Crippen molar-refractivity contribution in [1.29, 1.82) is 0 Å². The molecule has 0 aliphatic carbocycles. The van der Waals surface area contributed by atoms with Gasteiger partial charge in [0.25, 0.3) is 0 Å². The molecule has 2 atom stereocenters. The summed E-state index contributed by atoms with van der Waals surface area (Å²) in [5.41, 5.74) is -6.59. The van der Waals surface area contributed by atoms with Gasteiger partial charge in [-0.15, -0.1) is 0 Å². The fourth-order valence-electron chi connectivity index (χ4n) is 1.76. The summed E-state index contributed by atoms with van der Waals surface area (Å²) in [7, 11) is 0. The molecule has 3 heteroatoms. The second kappa shape index (κ2) is 7.69. The summed E-state index contributed by atoms with van der Waals surface area (Å²) in [5.74, 6) is 0. The summed E-state index contributed by atoms with van der Waals surface area (Å²) in [5, 5.41) is -0.855. The number of hydrogen-bond acceptors (Lipinski definition) is 2. The number of likely N-dealkylation sites (tertiary alicyclic amines) is 1. The van der Waals surface area contributed by atoms with Crippen LogP contribution >= 0.6 is 11.6 Å². The van der Waals surface area contributed by atoms with Gasteiger partial charge in [-0.25, -0.2) is 0 Å². The van der Waals surface area contributed by atoms with Crippen molar-refractivity contribution in [2.24, 2.45) is 0 Å². The van der Waals surface area contributed by atoms with Gasteiger partial charge >= 0.3 is 0 Å². The van der Waals surface area contributed by atoms with E-state index in [-0.39, 0.29) is 0 Å². The molecule has 0 aromatic heterocycles. The van der Waals surface area contributed by atoms with Crippen LogP contribution in [0.5, 0.6) is 0 Å². The normalized spacial score (nSPS) is 46.4. The maximum Gasteiger partial charge on any atom is 0.115 e. The summed E-state index contributed by atoms with van der Waals surface area (Å²) < 4.78 is 205. The first kappa shape index (κ1) is 4.49. The van der Waals surface area contributed by atoms with Crippen LogP contribution < -0.4 is 0 Å². The Morgan fingerprint density at radius 2 is 2.08 bits per heavy atom. The van der Waals surface area contributed by atoms with E-state index in [1.165, 1.54) is 0 Å². The highest BCUT2D eigenvalue weighted by atomic mass is 35.5. The van der Waals surface area contributed by atoms with Crippen LogP contribution in [0.4, 0.5) is 0 Å². The minimum atomic E-state index is -4.16. The van der Waals surface area contributed by atoms with Gasteiger partial charge in [-0.3, -0.25) is 0 Å². The first-order chi connectivity index (χ1) is 21.2. The van der Waals surface area contributed by atoms with Gasteiger partial charge in [-0.1, -0.05) is 53.9 Å². The average molecular weight is 368 g/mol. The second-order valence-electron chi connectivity index (χ2n) is 4.38. The van der Waals surface area contributed by atoms with Crippen molar-refractivity contribution < 1.29 is 37.6 Å². The molecule has 0 radical (unpaired) electrons. The van der Waals surface area contributed by atoms with Crippen LogP contribution in [0.3, 0.4) is 0 Å². The summed E-state index contributed by atoms with van der Waals surface area (Å²) in [6.07, 6.45) is -12.1. The number of nitrogens with zero attached hydrogens (tertiary/aromatic N) is 1. The molecule has 1 heterocycles. The number of hydrogen-bond donors (Lipinski definition) is 0. The van der Waals surface area contributed by atoms with Gasteiger partial charge in [0.1, 0.15) is 5.60 Å². The van der Waals surface area contributed by atoms with Crippen LogP contribution in [0.15, 0.2) is 54.4 Å². The lowest BCUT2D eigenvalue weighted by atomic mass is 9.88. The van der Waals surface area contributed by atoms with Crippen molar-refractivity contribution in [2.75, 3.05) is 20.1 Å². The zero-order chi connectivity index (χ0) is 37.9. The molecule has 3 rings (SSSR count). The number of ether oxygens (including phenoxy) is 1. The molecule has 1 aliphatic heterocycles. The molecule has 1 saturated heterocycles. The Hall–Kier alpha value is -1.35. The SMILES string of the molecule is [2H]c1c([2H])c([2H])c([C@@](OCC([2H])([2H])[C@]2([2H])N(C([2H])([2H])[2H])C([2H])([2H])C([2H])([2H])C2([2H])[2H])(c2c([2H])c([2H])c(Cl)c([2H])c2[2H])C([2H])([2H])[2H])c([2H])c1[2H]. The highest BCUT2D eigenvalue weighted by Gasteiger charge is 2.30. The first-order valence-electron chi connectivity index (χ1n) is 18.5. The predicted octanol–water partition coefficient (Wildman–Crippen LogP) is 5.10. The van der Waals surface area contributed by atoms with Gasteiger partial charge in [-0.2, -0.15) is 0 Å². The van der Waals surface area contributed by atoms with Crippen molar-refractivity contribution >= 4 is 11.6 Å². The van der Waals surface area contributed by atoms with Gasteiger partial charge in [0.05, 0.1) is 12.3 Å². The maximum atomic E-state index is 8.85. The second-order valence-corrected chi connectivity index (χ2v) is 4.76. The van der Waals surface area contributed by atoms with Crippen LogP contribution in [0.2, 0.25) is 5.02 Å². The standard InChI is InChI=1S/C21H26ClNO/c1-21(17-7-4-3-5-8-17,18-10-12-19(22)13-11-18)24-16-14-20-9-6-15-23(20)2/h3-5,7-8,10-13,20H,6,9,14-16H2,1-2H3/t20-,21-/m1/s1/i1D3,2D3,3D,4D,5D,6D2,7D,8D,9D2,10D,11D,12D,13D,14D2,15D2,20D. The fraction of sp³-hybridized carbons (Fsp3) is 0.429. The smallest absolute Gasteiger partial charge is 0.115 e. The molecule has 24 heavy (non-hydrogen) atoms. The topological polar surface area (TPSA) is 12.5 Å². The molecule has 128 valence electrons. The summed E-state index contributed by atoms with van der Waals surface area (Å²) >= 11 is 5.89. The Bertz CT molecular complexity index is 1520. The average Bonchev–Trinajstić information content (AvgIpc) is 3.02. The third-order valence-electron chi connectivity index (χ3n) is 2.90. The zero-order valence-corrected chi connectivity index (χ0v) is 12.7. The van der Waals surface area contributed by atoms with Gasteiger partial charge in [0, 0.05) is 38.2 Å². The van der Waals surface area contributed by atoms with Crippen LogP contribution in [0.1, 0.15) is 70.0 Å². The molecule has 2 aromatic rings. The third-order valence-corrected chi connectivity index (χ3v) is 3.09. The zero-order valence-electron chi connectivity index (χ0n) is 35.9. The Kier molecular flexibility index (Phi) is 1.44. The summed E-state index contributed by atoms with van der Waals surface area (Å²) in [4.78, 5) is -0.699. The molecule has 0 spiro atoms. The number of rotatable bonds is 6. The van der Waals surface area contributed by atoms with Gasteiger partial charge in [0.2, 0.25) is 0 Å². The van der Waals surface area contributed by atoms with Crippen molar-refractivity contribution in [3.8, 4) is 0 Å². The van der Waals surface area contributed by atoms with Crippen LogP contribution in [-0.4, -0.2) is 31.0 Å². The van der Waals surface area contributed by atoms with E-state index in [0.29, 0.717) is 0 Å². The molecular weight excluding hydrogens is 318 g/mol. The van der Waals surface area contributed by atoms with Crippen LogP contribution in [0.25, 0.3) is 0 Å². The largest absolute Gasteiger partial charge is 0.366 e. The Labute approximate surface area is 184 Å². The van der Waals surface area contributed by atoms with Crippen molar-refractivity contribution in [2.45, 2.75) is 37.6 Å². The lowest BCUT2D eigenvalue weighted by molar-refractivity contribution is -0.0117. The molecule has 0 saturated carbocycles. The third kappa shape index (κ3) is 3.83. The van der Waals surface area contributed by atoms with E-state index in [1.807, 2.05) is 0 Å². The molecule has 0 unspecified atom stereocenters. The van der Waals surface area contributed by atoms with Gasteiger partial charge in [-0.05, 0) is 62.7 Å². The molecule has 0 amide bonds. The van der Waals surface area contributed by atoms with E-state index in [2.05, 4.69) is 0 Å². The molecular formula is C21H26ClNO. The fourth-order valence-corrected chi connectivity index (χ4v) is 1.85. The van der Waals surface area contributed by atoms with E-state index in [1.54, 1.807) is 0 Å². The van der Waals surface area contributed by atoms with Gasteiger partial charge in [0.15, 0.2) is 0 Å². The van der Waals surface area contributed by atoms with Crippen LogP contribution in [0, 0.1) is 0 Å². The van der Waals surface area contributed by atoms with E-state index >= 15 is 0 Å². The lowest BCUT2D eigenvalue weighted by Gasteiger charge is -2.32. The molecule has 2 aromatic carbocycles. The quantitative estimate of drug-likeness (QED) is 0.703. The van der Waals surface area contributed by atoms with E-state index < -0.39 is 133 Å². The van der Waals surface area contributed by atoms with E-state index in [4.69, 9.17) is 49.2 Å². The highest BCUT2D eigenvalue weighted by molar-refractivity contribution is 6.30. The van der Waals surface area contributed by atoms with Gasteiger partial charge < -0.3 is 9.64 Å². The first-order valence-corrected chi connectivity index (χ1v) is 6.83. The predicted molar refractivity (Wildman–Crippen MR) is 101 cm³/mol. The minimum Gasteiger partial charge on any atom is -0.366 e. The molecule has 0 N–H and O–H groups in total. The minimum absolute atomic E-state index is 0.699. The molecule has 1 fully saturated rings. The number of halogens is 1. The maximum absolute atomic E-state index is 8.85. The van der Waals surface area contributed by atoms with Crippen LogP contribution in [-0.2, 0) is 10.3 Å². The van der Waals surface area contributed by atoms with Crippen molar-refractivity contribution in [3.63, 3.8) is 0 Å². The van der Waals surface area contributed by atoms with Crippen molar-refractivity contribution in [3.05, 3.63) is 70.5 Å². The van der Waals surface area contributed by atoms with E-state index in [0.717, 1.165) is 0 Å². The molecule has 0 bridgehead atoms. The highest BCUT2D eigenvalue weighted by Crippen LogP contribution is 2.34. The van der Waals surface area contributed by atoms with Crippen molar-refractivity contribution in [1.82, 2.24) is 4.90 Å². The Balaban J connectivity index is 2.57. The summed E-state index contributed by atoms with van der Waals surface area (Å²) in [6.45, 7) is -14.0. The lowest BCUT2D eigenvalue weighted by Crippen LogP contribution is -2.31. The molecule has 2 nitrogen and oxygen atoms in total. The Morgan fingerprint density at radius 1 is 1.33 bits per heavy atom.